The third kappa shape index (κ3) is 4.83. The summed E-state index contributed by atoms with van der Waals surface area (Å²) in [7, 11) is 1.97. The van der Waals surface area contributed by atoms with Gasteiger partial charge in [0.25, 0.3) is 0 Å². The minimum atomic E-state index is -0.0606. The van der Waals surface area contributed by atoms with E-state index in [4.69, 9.17) is 9.15 Å². The van der Waals surface area contributed by atoms with Crippen LogP contribution in [0.25, 0.3) is 11.0 Å². The van der Waals surface area contributed by atoms with Crippen molar-refractivity contribution in [3.63, 3.8) is 0 Å². The Morgan fingerprint density at radius 3 is 2.39 bits per heavy atom. The first-order valence-corrected chi connectivity index (χ1v) is 8.54. The molecule has 4 nitrogen and oxygen atoms in total. The molecule has 2 aromatic rings. The summed E-state index contributed by atoms with van der Waals surface area (Å²) in [5.74, 6) is 1.14. The molecule has 0 unspecified atom stereocenters. The molecule has 1 N–H and O–H groups in total. The van der Waals surface area contributed by atoms with E-state index in [1.54, 1.807) is 6.07 Å². The van der Waals surface area contributed by atoms with Crippen molar-refractivity contribution in [1.82, 2.24) is 5.32 Å². The van der Waals surface area contributed by atoms with Crippen LogP contribution in [0.15, 0.2) is 28.7 Å². The number of Topliss-reactive ketones (excluding diaryl/α,β-unsaturated/α-hetero) is 1. The van der Waals surface area contributed by atoms with Crippen molar-refractivity contribution >= 4 is 16.8 Å². The van der Waals surface area contributed by atoms with Crippen molar-refractivity contribution in [2.24, 2.45) is 0 Å². The maximum atomic E-state index is 11.3. The lowest BCUT2D eigenvalue weighted by Crippen LogP contribution is -2.45. The minimum Gasteiger partial charge on any atom is -0.490 e. The average molecular weight is 319 g/mol. The molecule has 1 heterocycles. The van der Waals surface area contributed by atoms with Crippen molar-refractivity contribution in [1.29, 1.82) is 0 Å². The van der Waals surface area contributed by atoms with Gasteiger partial charge in [0.1, 0.15) is 17.4 Å². The molecule has 0 spiro atoms. The van der Waals surface area contributed by atoms with E-state index in [0.29, 0.717) is 17.4 Å². The van der Waals surface area contributed by atoms with Crippen LogP contribution in [-0.4, -0.2) is 25.0 Å². The predicted molar refractivity (Wildman–Crippen MR) is 95.4 cm³/mol. The largest absolute Gasteiger partial charge is 0.490 e. The number of rotatable bonds is 4. The smallest absolute Gasteiger partial charge is 0.194 e. The SMILES string of the molecule is CC.CC.CNC1CC(Oc2ccc3cc(C(C)=O)oc3c2)C1. The van der Waals surface area contributed by atoms with Crippen LogP contribution in [0.4, 0.5) is 0 Å². The highest BCUT2D eigenvalue weighted by Crippen LogP contribution is 2.29. The molecule has 0 atom stereocenters. The second-order valence-electron chi connectivity index (χ2n) is 5.06. The predicted octanol–water partition coefficient (Wildman–Crippen LogP) is 4.82. The molecule has 0 radical (unpaired) electrons. The lowest BCUT2D eigenvalue weighted by molar-refractivity contribution is 0.0885. The van der Waals surface area contributed by atoms with Gasteiger partial charge >= 0.3 is 0 Å². The van der Waals surface area contributed by atoms with Crippen LogP contribution in [0.2, 0.25) is 0 Å². The number of carbonyl (C=O) groups is 1. The summed E-state index contributed by atoms with van der Waals surface area (Å²) < 4.78 is 11.4. The Labute approximate surface area is 139 Å². The maximum absolute atomic E-state index is 11.3. The summed E-state index contributed by atoms with van der Waals surface area (Å²) in [6.07, 6.45) is 2.34. The molecule has 0 aliphatic heterocycles. The van der Waals surface area contributed by atoms with Gasteiger partial charge in [0.05, 0.1) is 0 Å². The molecule has 23 heavy (non-hydrogen) atoms. The molecule has 0 amide bonds. The summed E-state index contributed by atoms with van der Waals surface area (Å²) >= 11 is 0. The van der Waals surface area contributed by atoms with Crippen LogP contribution in [0, 0.1) is 0 Å². The van der Waals surface area contributed by atoms with Crippen molar-refractivity contribution in [3.05, 3.63) is 30.0 Å². The fraction of sp³-hybridized carbons (Fsp3) is 0.526. The summed E-state index contributed by atoms with van der Waals surface area (Å²) in [6.45, 7) is 9.50. The van der Waals surface area contributed by atoms with Crippen LogP contribution in [0.1, 0.15) is 58.0 Å². The highest BCUT2D eigenvalue weighted by atomic mass is 16.5. The quantitative estimate of drug-likeness (QED) is 0.821. The van der Waals surface area contributed by atoms with Crippen LogP contribution < -0.4 is 10.1 Å². The number of hydrogen-bond donors (Lipinski definition) is 1. The third-order valence-electron chi connectivity index (χ3n) is 3.64. The van der Waals surface area contributed by atoms with Gasteiger partial charge in [-0.3, -0.25) is 4.79 Å². The van der Waals surface area contributed by atoms with Crippen molar-refractivity contribution in [2.45, 2.75) is 59.6 Å². The molecule has 1 aliphatic rings. The van der Waals surface area contributed by atoms with E-state index in [1.165, 1.54) is 6.92 Å². The van der Waals surface area contributed by atoms with Gasteiger partial charge in [-0.1, -0.05) is 27.7 Å². The summed E-state index contributed by atoms with van der Waals surface area (Å²) in [6, 6.07) is 8.04. The van der Waals surface area contributed by atoms with E-state index in [0.717, 1.165) is 24.0 Å². The van der Waals surface area contributed by atoms with Crippen LogP contribution in [0.3, 0.4) is 0 Å². The first-order valence-electron chi connectivity index (χ1n) is 8.54. The number of carbonyl (C=O) groups excluding carboxylic acids is 1. The zero-order valence-corrected chi connectivity index (χ0v) is 15.1. The molecule has 128 valence electrons. The molecular weight excluding hydrogens is 290 g/mol. The van der Waals surface area contributed by atoms with Gasteiger partial charge in [0, 0.05) is 24.4 Å². The van der Waals surface area contributed by atoms with Crippen LogP contribution >= 0.6 is 0 Å². The first kappa shape index (κ1) is 19.2. The Bertz CT molecular complexity index is 612. The van der Waals surface area contributed by atoms with E-state index in [2.05, 4.69) is 5.32 Å². The summed E-state index contributed by atoms with van der Waals surface area (Å²) in [5, 5.41) is 4.16. The highest BCUT2D eigenvalue weighted by Gasteiger charge is 2.29. The fourth-order valence-corrected chi connectivity index (χ4v) is 2.35. The Balaban J connectivity index is 0.000000615. The molecule has 0 bridgehead atoms. The summed E-state index contributed by atoms with van der Waals surface area (Å²) in [5.41, 5.74) is 0.701. The van der Waals surface area contributed by atoms with E-state index < -0.39 is 0 Å². The Morgan fingerprint density at radius 2 is 1.83 bits per heavy atom. The van der Waals surface area contributed by atoms with Crippen molar-refractivity contribution < 1.29 is 13.9 Å². The zero-order chi connectivity index (χ0) is 17.4. The second-order valence-corrected chi connectivity index (χ2v) is 5.06. The molecule has 1 aliphatic carbocycles. The molecule has 4 heteroatoms. The Hall–Kier alpha value is -1.81. The van der Waals surface area contributed by atoms with Crippen LogP contribution in [-0.2, 0) is 0 Å². The molecule has 0 saturated heterocycles. The zero-order valence-electron chi connectivity index (χ0n) is 15.1. The Morgan fingerprint density at radius 1 is 1.17 bits per heavy atom. The maximum Gasteiger partial charge on any atom is 0.194 e. The number of ketones is 1. The summed E-state index contributed by atoms with van der Waals surface area (Å²) in [4.78, 5) is 11.3. The number of fused-ring (bicyclic) bond motifs is 1. The van der Waals surface area contributed by atoms with Gasteiger partial charge in [0.15, 0.2) is 11.5 Å². The average Bonchev–Trinajstić information content (AvgIpc) is 2.98. The topological polar surface area (TPSA) is 51.5 Å². The molecule has 1 aromatic carbocycles. The van der Waals surface area contributed by atoms with E-state index in [9.17, 15) is 4.79 Å². The van der Waals surface area contributed by atoms with E-state index in [-0.39, 0.29) is 11.9 Å². The standard InChI is InChI=1S/C15H17NO3.2C2H6/c1-9(17)14-5-10-3-4-12(8-15(10)19-14)18-13-6-11(7-13)16-2;2*1-2/h3-5,8,11,13,16H,6-7H2,1-2H3;2*1-2H3. The van der Waals surface area contributed by atoms with Gasteiger partial charge in [0.2, 0.25) is 0 Å². The number of ether oxygens (including phenoxy) is 1. The van der Waals surface area contributed by atoms with Crippen molar-refractivity contribution in [2.75, 3.05) is 7.05 Å². The van der Waals surface area contributed by atoms with Gasteiger partial charge in [-0.05, 0) is 38.1 Å². The van der Waals surface area contributed by atoms with Gasteiger partial charge in [-0.15, -0.1) is 0 Å². The molecule has 3 rings (SSSR count). The molecule has 1 fully saturated rings. The van der Waals surface area contributed by atoms with E-state index in [1.807, 2.05) is 52.9 Å². The number of benzene rings is 1. The van der Waals surface area contributed by atoms with Gasteiger partial charge in [-0.2, -0.15) is 0 Å². The number of nitrogens with one attached hydrogen (secondary N) is 1. The van der Waals surface area contributed by atoms with Crippen molar-refractivity contribution in [3.8, 4) is 5.75 Å². The van der Waals surface area contributed by atoms with Gasteiger partial charge < -0.3 is 14.5 Å². The van der Waals surface area contributed by atoms with E-state index >= 15 is 0 Å². The lowest BCUT2D eigenvalue weighted by atomic mass is 9.89. The number of furan rings is 1. The second kappa shape index (κ2) is 9.36. The van der Waals surface area contributed by atoms with Crippen LogP contribution in [0.5, 0.6) is 5.75 Å². The molecule has 1 aromatic heterocycles. The molecule has 1 saturated carbocycles. The third-order valence-corrected chi connectivity index (χ3v) is 3.64. The number of hydrogen-bond acceptors (Lipinski definition) is 4. The monoisotopic (exact) mass is 319 g/mol. The molecular formula is C19H29NO3. The lowest BCUT2D eigenvalue weighted by Gasteiger charge is -2.35. The Kier molecular flexibility index (Phi) is 7.83. The fourth-order valence-electron chi connectivity index (χ4n) is 2.35. The normalized spacial score (nSPS) is 18.9. The van der Waals surface area contributed by atoms with Gasteiger partial charge in [-0.25, -0.2) is 0 Å². The highest BCUT2D eigenvalue weighted by molar-refractivity contribution is 5.96. The first-order chi connectivity index (χ1) is 11.2. The minimum absolute atomic E-state index is 0.0606.